The second kappa shape index (κ2) is 6.20. The van der Waals surface area contributed by atoms with E-state index in [1.165, 1.54) is 12.1 Å². The summed E-state index contributed by atoms with van der Waals surface area (Å²) >= 11 is 11.7. The van der Waals surface area contributed by atoms with Crippen LogP contribution in [0.3, 0.4) is 0 Å². The second-order valence-corrected chi connectivity index (χ2v) is 6.01. The van der Waals surface area contributed by atoms with E-state index < -0.39 is 0 Å². The number of rotatable bonds is 4. The van der Waals surface area contributed by atoms with Gasteiger partial charge in [0.2, 0.25) is 5.91 Å². The molecule has 0 aromatic heterocycles. The molecule has 6 heteroatoms. The Kier molecular flexibility index (Phi) is 4.78. The zero-order valence-corrected chi connectivity index (χ0v) is 12.8. The van der Waals surface area contributed by atoms with Gasteiger partial charge in [-0.3, -0.25) is 4.79 Å². The van der Waals surface area contributed by atoms with Crippen LogP contribution in [0.5, 0.6) is 5.75 Å². The largest absolute Gasteiger partial charge is 0.505 e. The molecular weight excluding hydrogens is 299 g/mol. The van der Waals surface area contributed by atoms with Crippen LogP contribution in [0.1, 0.15) is 26.2 Å². The minimum absolute atomic E-state index is 0.0258. The Hall–Kier alpha value is -0.970. The molecule has 1 unspecified atom stereocenters. The summed E-state index contributed by atoms with van der Waals surface area (Å²) in [6.45, 7) is 3.61. The van der Waals surface area contributed by atoms with Crippen molar-refractivity contribution in [3.8, 4) is 5.75 Å². The standard InChI is InChI=1S/C14H18Cl2N2O2/c1-2-3-14(4-5-17-8-14)13(20)18-9-6-10(15)12(19)11(16)7-9/h6-7,17,19H,2-5,8H2,1H3,(H,18,20). The normalized spacial score (nSPS) is 21.9. The molecule has 1 aliphatic rings. The average molecular weight is 317 g/mol. The summed E-state index contributed by atoms with van der Waals surface area (Å²) in [5.41, 5.74) is 0.135. The minimum Gasteiger partial charge on any atom is -0.505 e. The average Bonchev–Trinajstić information content (AvgIpc) is 2.86. The first kappa shape index (κ1) is 15.4. The van der Waals surface area contributed by atoms with E-state index >= 15 is 0 Å². The number of benzene rings is 1. The molecule has 1 heterocycles. The Bertz CT molecular complexity index is 491. The Morgan fingerprint density at radius 1 is 1.45 bits per heavy atom. The minimum atomic E-state index is -0.369. The first-order chi connectivity index (χ1) is 9.48. The van der Waals surface area contributed by atoms with E-state index in [-0.39, 0.29) is 27.1 Å². The topological polar surface area (TPSA) is 61.4 Å². The van der Waals surface area contributed by atoms with Crippen molar-refractivity contribution < 1.29 is 9.90 Å². The van der Waals surface area contributed by atoms with Crippen molar-refractivity contribution in [2.45, 2.75) is 26.2 Å². The molecule has 20 heavy (non-hydrogen) atoms. The number of phenols is 1. The van der Waals surface area contributed by atoms with Crippen molar-refractivity contribution >= 4 is 34.8 Å². The molecule has 1 fully saturated rings. The maximum Gasteiger partial charge on any atom is 0.231 e. The molecule has 0 spiro atoms. The van der Waals surface area contributed by atoms with Gasteiger partial charge in [0.1, 0.15) is 0 Å². The molecule has 1 aromatic rings. The first-order valence-electron chi connectivity index (χ1n) is 6.69. The molecule has 1 amide bonds. The lowest BCUT2D eigenvalue weighted by atomic mass is 9.81. The molecule has 0 aliphatic carbocycles. The number of amides is 1. The van der Waals surface area contributed by atoms with Crippen molar-refractivity contribution in [1.82, 2.24) is 5.32 Å². The predicted molar refractivity (Wildman–Crippen MR) is 81.6 cm³/mol. The summed E-state index contributed by atoms with van der Waals surface area (Å²) < 4.78 is 0. The Morgan fingerprint density at radius 3 is 2.60 bits per heavy atom. The molecule has 110 valence electrons. The van der Waals surface area contributed by atoms with Gasteiger partial charge in [-0.25, -0.2) is 0 Å². The van der Waals surface area contributed by atoms with Gasteiger partial charge in [0.15, 0.2) is 5.75 Å². The smallest absolute Gasteiger partial charge is 0.231 e. The zero-order valence-electron chi connectivity index (χ0n) is 11.3. The van der Waals surface area contributed by atoms with Gasteiger partial charge in [0, 0.05) is 12.2 Å². The van der Waals surface area contributed by atoms with Gasteiger partial charge in [0.25, 0.3) is 0 Å². The van der Waals surface area contributed by atoms with Crippen molar-refractivity contribution in [1.29, 1.82) is 0 Å². The fourth-order valence-electron chi connectivity index (χ4n) is 2.64. The quantitative estimate of drug-likeness (QED) is 0.746. The fraction of sp³-hybridized carbons (Fsp3) is 0.500. The summed E-state index contributed by atoms with van der Waals surface area (Å²) in [5.74, 6) is -0.195. The van der Waals surface area contributed by atoms with E-state index in [9.17, 15) is 9.90 Å². The van der Waals surface area contributed by atoms with Crippen molar-refractivity contribution in [3.63, 3.8) is 0 Å². The fourth-order valence-corrected chi connectivity index (χ4v) is 3.13. The summed E-state index contributed by atoms with van der Waals surface area (Å²) in [4.78, 5) is 12.5. The Balaban J connectivity index is 2.18. The number of aromatic hydroxyl groups is 1. The molecule has 3 N–H and O–H groups in total. The van der Waals surface area contributed by atoms with Gasteiger partial charge in [-0.05, 0) is 31.5 Å². The molecular formula is C14H18Cl2N2O2. The van der Waals surface area contributed by atoms with Gasteiger partial charge < -0.3 is 15.7 Å². The molecule has 0 bridgehead atoms. The van der Waals surface area contributed by atoms with Gasteiger partial charge in [-0.15, -0.1) is 0 Å². The third kappa shape index (κ3) is 3.03. The van der Waals surface area contributed by atoms with Crippen molar-refractivity contribution in [2.75, 3.05) is 18.4 Å². The number of anilines is 1. The highest BCUT2D eigenvalue weighted by Gasteiger charge is 2.40. The van der Waals surface area contributed by atoms with Gasteiger partial charge in [0.05, 0.1) is 15.5 Å². The Morgan fingerprint density at radius 2 is 2.10 bits per heavy atom. The van der Waals surface area contributed by atoms with Crippen LogP contribution < -0.4 is 10.6 Å². The van der Waals surface area contributed by atoms with Gasteiger partial charge in [-0.1, -0.05) is 36.5 Å². The van der Waals surface area contributed by atoms with E-state index in [2.05, 4.69) is 17.6 Å². The number of hydrogen-bond acceptors (Lipinski definition) is 3. The van der Waals surface area contributed by atoms with E-state index in [1.807, 2.05) is 0 Å². The predicted octanol–water partition coefficient (Wildman–Crippen LogP) is 3.42. The number of hydrogen-bond donors (Lipinski definition) is 3. The molecule has 1 atom stereocenters. The van der Waals surface area contributed by atoms with Crippen LogP contribution in [-0.2, 0) is 4.79 Å². The molecule has 0 saturated carbocycles. The molecule has 0 radical (unpaired) electrons. The van der Waals surface area contributed by atoms with Crippen molar-refractivity contribution in [3.05, 3.63) is 22.2 Å². The number of nitrogens with one attached hydrogen (secondary N) is 2. The lowest BCUT2D eigenvalue weighted by Crippen LogP contribution is -2.38. The number of carbonyl (C=O) groups excluding carboxylic acids is 1. The third-order valence-electron chi connectivity index (χ3n) is 3.73. The summed E-state index contributed by atoms with van der Waals surface area (Å²) in [6, 6.07) is 3.01. The van der Waals surface area contributed by atoms with E-state index in [4.69, 9.17) is 23.2 Å². The van der Waals surface area contributed by atoms with Crippen LogP contribution in [-0.4, -0.2) is 24.1 Å². The maximum absolute atomic E-state index is 12.5. The van der Waals surface area contributed by atoms with E-state index in [1.54, 1.807) is 0 Å². The molecule has 1 aromatic carbocycles. The van der Waals surface area contributed by atoms with Crippen LogP contribution >= 0.6 is 23.2 Å². The summed E-state index contributed by atoms with van der Waals surface area (Å²) in [7, 11) is 0. The molecule has 2 rings (SSSR count). The molecule has 1 aliphatic heterocycles. The maximum atomic E-state index is 12.5. The zero-order chi connectivity index (χ0) is 14.8. The summed E-state index contributed by atoms with van der Waals surface area (Å²) in [5, 5.41) is 15.9. The monoisotopic (exact) mass is 316 g/mol. The number of halogens is 2. The van der Waals surface area contributed by atoms with Crippen LogP contribution in [0.25, 0.3) is 0 Å². The van der Waals surface area contributed by atoms with E-state index in [0.29, 0.717) is 12.2 Å². The number of carbonyl (C=O) groups is 1. The van der Waals surface area contributed by atoms with Gasteiger partial charge in [-0.2, -0.15) is 0 Å². The van der Waals surface area contributed by atoms with Crippen LogP contribution in [0, 0.1) is 5.41 Å². The van der Waals surface area contributed by atoms with Crippen LogP contribution in [0.4, 0.5) is 5.69 Å². The second-order valence-electron chi connectivity index (χ2n) is 5.20. The van der Waals surface area contributed by atoms with E-state index in [0.717, 1.165) is 25.8 Å². The molecule has 4 nitrogen and oxygen atoms in total. The SMILES string of the molecule is CCCC1(C(=O)Nc2cc(Cl)c(O)c(Cl)c2)CCNC1. The highest BCUT2D eigenvalue weighted by molar-refractivity contribution is 6.37. The van der Waals surface area contributed by atoms with Crippen molar-refractivity contribution in [2.24, 2.45) is 5.41 Å². The number of phenolic OH excluding ortho intramolecular Hbond substituents is 1. The van der Waals surface area contributed by atoms with Crippen LogP contribution in [0.2, 0.25) is 10.0 Å². The molecule has 1 saturated heterocycles. The highest BCUT2D eigenvalue weighted by atomic mass is 35.5. The first-order valence-corrected chi connectivity index (χ1v) is 7.44. The highest BCUT2D eigenvalue weighted by Crippen LogP contribution is 2.36. The Labute approximate surface area is 128 Å². The third-order valence-corrected chi connectivity index (χ3v) is 4.30. The van der Waals surface area contributed by atoms with Crippen LogP contribution in [0.15, 0.2) is 12.1 Å². The summed E-state index contributed by atoms with van der Waals surface area (Å²) in [6.07, 6.45) is 2.61. The lowest BCUT2D eigenvalue weighted by molar-refractivity contribution is -0.125. The van der Waals surface area contributed by atoms with Gasteiger partial charge >= 0.3 is 0 Å². The lowest BCUT2D eigenvalue weighted by Gasteiger charge is -2.26.